The molecule has 19 heavy (non-hydrogen) atoms. The molecule has 1 aromatic carbocycles. The van der Waals surface area contributed by atoms with Crippen LogP contribution in [0.5, 0.6) is 0 Å². The molecule has 0 saturated carbocycles. The molecule has 2 rings (SSSR count). The van der Waals surface area contributed by atoms with Crippen LogP contribution in [0.2, 0.25) is 10.0 Å². The van der Waals surface area contributed by atoms with Gasteiger partial charge < -0.3 is 5.73 Å². The average Bonchev–Trinajstić information content (AvgIpc) is 2.77. The van der Waals surface area contributed by atoms with E-state index in [1.807, 2.05) is 12.1 Å². The average molecular weight is 299 g/mol. The van der Waals surface area contributed by atoms with E-state index in [1.165, 1.54) is 0 Å². The van der Waals surface area contributed by atoms with Gasteiger partial charge in [0, 0.05) is 16.6 Å². The fourth-order valence-electron chi connectivity index (χ4n) is 1.95. The second-order valence-corrected chi connectivity index (χ2v) is 5.20. The Balaban J connectivity index is 2.45. The zero-order chi connectivity index (χ0) is 13.8. The molecule has 0 amide bonds. The van der Waals surface area contributed by atoms with E-state index in [4.69, 9.17) is 28.9 Å². The molecule has 2 N–H and O–H groups in total. The van der Waals surface area contributed by atoms with Gasteiger partial charge in [0.05, 0.1) is 17.1 Å². The largest absolute Gasteiger partial charge is 0.325 e. The number of hydrogen-bond donors (Lipinski definition) is 1. The minimum Gasteiger partial charge on any atom is -0.325 e. The zero-order valence-electron chi connectivity index (χ0n) is 10.7. The number of nitrogens with two attached hydrogens (primary N) is 1. The second kappa shape index (κ2) is 6.37. The van der Waals surface area contributed by atoms with Crippen molar-refractivity contribution in [2.45, 2.75) is 32.7 Å². The van der Waals surface area contributed by atoms with Crippen LogP contribution in [0, 0.1) is 0 Å². The molecule has 0 aliphatic rings. The Labute approximate surface area is 122 Å². The Bertz CT molecular complexity index is 546. The van der Waals surface area contributed by atoms with E-state index in [2.05, 4.69) is 17.2 Å². The van der Waals surface area contributed by atoms with Crippen molar-refractivity contribution in [3.05, 3.63) is 39.6 Å². The lowest BCUT2D eigenvalue weighted by Crippen LogP contribution is -2.06. The van der Waals surface area contributed by atoms with Gasteiger partial charge in [-0.2, -0.15) is 0 Å². The molecule has 0 aliphatic carbocycles. The molecule has 0 radical (unpaired) electrons. The zero-order valence-corrected chi connectivity index (χ0v) is 12.2. The van der Waals surface area contributed by atoms with E-state index in [0.29, 0.717) is 16.6 Å². The quantitative estimate of drug-likeness (QED) is 0.921. The van der Waals surface area contributed by atoms with Crippen LogP contribution in [-0.2, 0) is 13.0 Å². The molecule has 1 aromatic heterocycles. The summed E-state index contributed by atoms with van der Waals surface area (Å²) in [5, 5.41) is 9.44. The van der Waals surface area contributed by atoms with Crippen LogP contribution in [0.3, 0.4) is 0 Å². The van der Waals surface area contributed by atoms with Gasteiger partial charge >= 0.3 is 0 Å². The van der Waals surface area contributed by atoms with Crippen molar-refractivity contribution in [1.29, 1.82) is 0 Å². The molecule has 0 aliphatic heterocycles. The highest BCUT2D eigenvalue weighted by atomic mass is 35.5. The van der Waals surface area contributed by atoms with Gasteiger partial charge in [0.25, 0.3) is 0 Å². The topological polar surface area (TPSA) is 56.7 Å². The highest BCUT2D eigenvalue weighted by molar-refractivity contribution is 6.34. The molecule has 1 heterocycles. The lowest BCUT2D eigenvalue weighted by molar-refractivity contribution is 0.714. The fourth-order valence-corrected chi connectivity index (χ4v) is 2.47. The SMILES string of the molecule is CCCCc1c(CN)nnn1-c1cc(Cl)cc(Cl)c1. The highest BCUT2D eigenvalue weighted by Crippen LogP contribution is 2.23. The predicted octanol–water partition coefficient (Wildman–Crippen LogP) is 3.38. The maximum Gasteiger partial charge on any atom is 0.0999 e. The van der Waals surface area contributed by atoms with Gasteiger partial charge in [-0.3, -0.25) is 0 Å². The van der Waals surface area contributed by atoms with Gasteiger partial charge in [0.2, 0.25) is 0 Å². The smallest absolute Gasteiger partial charge is 0.0999 e. The summed E-state index contributed by atoms with van der Waals surface area (Å²) in [6.45, 7) is 2.53. The lowest BCUT2D eigenvalue weighted by Gasteiger charge is -2.08. The van der Waals surface area contributed by atoms with Gasteiger partial charge in [-0.05, 0) is 31.0 Å². The van der Waals surface area contributed by atoms with E-state index < -0.39 is 0 Å². The minimum absolute atomic E-state index is 0.382. The van der Waals surface area contributed by atoms with Gasteiger partial charge in [-0.1, -0.05) is 41.8 Å². The van der Waals surface area contributed by atoms with Crippen LogP contribution in [0.15, 0.2) is 18.2 Å². The van der Waals surface area contributed by atoms with Crippen molar-refractivity contribution in [2.75, 3.05) is 0 Å². The van der Waals surface area contributed by atoms with Crippen molar-refractivity contribution < 1.29 is 0 Å². The predicted molar refractivity (Wildman–Crippen MR) is 77.9 cm³/mol. The first-order chi connectivity index (χ1) is 9.15. The summed E-state index contributed by atoms with van der Waals surface area (Å²) < 4.78 is 1.77. The van der Waals surface area contributed by atoms with E-state index in [1.54, 1.807) is 10.7 Å². The summed E-state index contributed by atoms with van der Waals surface area (Å²) in [4.78, 5) is 0. The summed E-state index contributed by atoms with van der Waals surface area (Å²) in [7, 11) is 0. The molecule has 2 aromatic rings. The van der Waals surface area contributed by atoms with Crippen LogP contribution < -0.4 is 5.73 Å². The minimum atomic E-state index is 0.382. The molecule has 102 valence electrons. The molecule has 0 fully saturated rings. The van der Waals surface area contributed by atoms with E-state index in [-0.39, 0.29) is 0 Å². The van der Waals surface area contributed by atoms with E-state index in [0.717, 1.165) is 36.3 Å². The first-order valence-electron chi connectivity index (χ1n) is 6.25. The second-order valence-electron chi connectivity index (χ2n) is 4.33. The van der Waals surface area contributed by atoms with Crippen molar-refractivity contribution >= 4 is 23.2 Å². The summed E-state index contributed by atoms with van der Waals surface area (Å²) in [5.74, 6) is 0. The number of unbranched alkanes of at least 4 members (excludes halogenated alkanes) is 1. The van der Waals surface area contributed by atoms with Crippen LogP contribution in [0.25, 0.3) is 5.69 Å². The monoisotopic (exact) mass is 298 g/mol. The Morgan fingerprint density at radius 2 is 1.89 bits per heavy atom. The molecular formula is C13H16Cl2N4. The normalized spacial score (nSPS) is 10.9. The van der Waals surface area contributed by atoms with Crippen LogP contribution >= 0.6 is 23.2 Å². The number of hydrogen-bond acceptors (Lipinski definition) is 3. The molecule has 0 atom stereocenters. The summed E-state index contributed by atoms with van der Waals surface area (Å²) in [5.41, 5.74) is 8.38. The highest BCUT2D eigenvalue weighted by Gasteiger charge is 2.13. The van der Waals surface area contributed by atoms with Crippen LogP contribution in [0.1, 0.15) is 31.2 Å². The number of benzene rings is 1. The first kappa shape index (κ1) is 14.3. The summed E-state index contributed by atoms with van der Waals surface area (Å²) in [6, 6.07) is 5.33. The maximum atomic E-state index is 6.03. The lowest BCUT2D eigenvalue weighted by atomic mass is 10.1. The number of halogens is 2. The van der Waals surface area contributed by atoms with E-state index >= 15 is 0 Å². The Morgan fingerprint density at radius 1 is 1.21 bits per heavy atom. The first-order valence-corrected chi connectivity index (χ1v) is 7.01. The Hall–Kier alpha value is -1.10. The molecule has 0 unspecified atom stereocenters. The molecule has 6 heteroatoms. The number of aromatic nitrogens is 3. The van der Waals surface area contributed by atoms with Crippen molar-refractivity contribution in [3.63, 3.8) is 0 Å². The Morgan fingerprint density at radius 3 is 2.47 bits per heavy atom. The third-order valence-electron chi connectivity index (χ3n) is 2.90. The third-order valence-corrected chi connectivity index (χ3v) is 3.33. The van der Waals surface area contributed by atoms with Crippen LogP contribution in [-0.4, -0.2) is 15.0 Å². The molecular weight excluding hydrogens is 283 g/mol. The summed E-state index contributed by atoms with van der Waals surface area (Å²) in [6.07, 6.45) is 3.06. The number of nitrogens with zero attached hydrogens (tertiary/aromatic N) is 3. The maximum absolute atomic E-state index is 6.03. The van der Waals surface area contributed by atoms with Gasteiger partial charge in [-0.15, -0.1) is 5.10 Å². The molecule has 4 nitrogen and oxygen atoms in total. The molecule has 0 saturated heterocycles. The van der Waals surface area contributed by atoms with E-state index in [9.17, 15) is 0 Å². The van der Waals surface area contributed by atoms with Crippen molar-refractivity contribution in [1.82, 2.24) is 15.0 Å². The van der Waals surface area contributed by atoms with Crippen molar-refractivity contribution in [2.24, 2.45) is 5.73 Å². The van der Waals surface area contributed by atoms with Crippen LogP contribution in [0.4, 0.5) is 0 Å². The van der Waals surface area contributed by atoms with Crippen molar-refractivity contribution in [3.8, 4) is 5.69 Å². The third kappa shape index (κ3) is 3.26. The van der Waals surface area contributed by atoms with Gasteiger partial charge in [0.1, 0.15) is 0 Å². The van der Waals surface area contributed by atoms with Gasteiger partial charge in [-0.25, -0.2) is 4.68 Å². The van der Waals surface area contributed by atoms with Gasteiger partial charge in [0.15, 0.2) is 0 Å². The molecule has 0 bridgehead atoms. The molecule has 0 spiro atoms. The number of rotatable bonds is 5. The standard InChI is InChI=1S/C13H16Cl2N4/c1-2-3-4-13-12(8-16)17-18-19(13)11-6-9(14)5-10(15)7-11/h5-7H,2-4,8,16H2,1H3. The fraction of sp³-hybridized carbons (Fsp3) is 0.385. The Kier molecular flexibility index (Phi) is 4.80. The summed E-state index contributed by atoms with van der Waals surface area (Å²) >= 11 is 12.1.